The molecule has 0 amide bonds. The largest absolute Gasteiger partial charge is 0.480 e. The van der Waals surface area contributed by atoms with Crippen molar-refractivity contribution >= 4 is 29.1 Å². The van der Waals surface area contributed by atoms with Crippen LogP contribution < -0.4 is 0 Å². The smallest absolute Gasteiger partial charge is 0.325 e. The van der Waals surface area contributed by atoms with E-state index in [0.717, 1.165) is 22.6 Å². The number of rotatable bonds is 7. The molecule has 0 spiro atoms. The number of carbonyl (C=O) groups is 1. The summed E-state index contributed by atoms with van der Waals surface area (Å²) in [5, 5.41) is 9.67. The number of hydrogen-bond donors (Lipinski definition) is 1. The zero-order chi connectivity index (χ0) is 16.1. The van der Waals surface area contributed by atoms with Crippen LogP contribution in [-0.2, 0) is 11.2 Å². The minimum atomic E-state index is -0.815. The molecule has 6 heteroatoms. The topological polar surface area (TPSA) is 53.4 Å². The fourth-order valence-electron chi connectivity index (χ4n) is 2.42. The standard InChI is InChI=1S/C16H20N2O2S2/c1-11-13(22-10-17-11)8-9-18(2)15(16(19)20)12-6-4-5-7-14(12)21-3/h4-7,10,15H,8-9H2,1-3H3,(H,19,20)/t15-/m0/s1. The quantitative estimate of drug-likeness (QED) is 0.785. The van der Waals surface area contributed by atoms with Gasteiger partial charge in [0.25, 0.3) is 0 Å². The third-order valence-corrected chi connectivity index (χ3v) is 5.45. The van der Waals surface area contributed by atoms with E-state index in [1.165, 1.54) is 4.88 Å². The van der Waals surface area contributed by atoms with E-state index in [1.807, 2.05) is 54.9 Å². The molecule has 22 heavy (non-hydrogen) atoms. The summed E-state index contributed by atoms with van der Waals surface area (Å²) < 4.78 is 0. The van der Waals surface area contributed by atoms with Gasteiger partial charge >= 0.3 is 5.97 Å². The number of carboxylic acids is 1. The van der Waals surface area contributed by atoms with Crippen molar-refractivity contribution in [3.8, 4) is 0 Å². The Hall–Kier alpha value is -1.37. The van der Waals surface area contributed by atoms with Gasteiger partial charge in [-0.25, -0.2) is 4.98 Å². The number of thioether (sulfide) groups is 1. The molecule has 1 aromatic heterocycles. The van der Waals surface area contributed by atoms with Gasteiger partial charge < -0.3 is 5.11 Å². The third-order valence-electron chi connectivity index (χ3n) is 3.64. The molecular weight excluding hydrogens is 316 g/mol. The van der Waals surface area contributed by atoms with Crippen LogP contribution in [0.3, 0.4) is 0 Å². The van der Waals surface area contributed by atoms with Gasteiger partial charge in [-0.1, -0.05) is 18.2 Å². The second-order valence-corrected chi connectivity index (χ2v) is 6.86. The lowest BCUT2D eigenvalue weighted by molar-refractivity contribution is -0.143. The Bertz CT molecular complexity index is 643. The number of benzene rings is 1. The molecule has 0 aliphatic rings. The number of hydrogen-bond acceptors (Lipinski definition) is 5. The molecule has 2 rings (SSSR count). The molecule has 0 saturated heterocycles. The van der Waals surface area contributed by atoms with Crippen LogP contribution in [0.2, 0.25) is 0 Å². The average molecular weight is 336 g/mol. The Balaban J connectivity index is 2.17. The van der Waals surface area contributed by atoms with Crippen LogP contribution >= 0.6 is 23.1 Å². The lowest BCUT2D eigenvalue weighted by Gasteiger charge is -2.26. The van der Waals surface area contributed by atoms with E-state index < -0.39 is 12.0 Å². The zero-order valence-electron chi connectivity index (χ0n) is 12.9. The van der Waals surface area contributed by atoms with E-state index in [9.17, 15) is 9.90 Å². The number of thiazole rings is 1. The lowest BCUT2D eigenvalue weighted by Crippen LogP contribution is -2.32. The van der Waals surface area contributed by atoms with Crippen molar-refractivity contribution in [2.24, 2.45) is 0 Å². The van der Waals surface area contributed by atoms with Crippen molar-refractivity contribution in [3.63, 3.8) is 0 Å². The Morgan fingerprint density at radius 2 is 2.18 bits per heavy atom. The van der Waals surface area contributed by atoms with E-state index in [2.05, 4.69) is 4.98 Å². The van der Waals surface area contributed by atoms with Gasteiger partial charge in [0.2, 0.25) is 0 Å². The molecule has 1 atom stereocenters. The van der Waals surface area contributed by atoms with Gasteiger partial charge in [0, 0.05) is 16.3 Å². The number of aliphatic carboxylic acids is 1. The Morgan fingerprint density at radius 1 is 1.45 bits per heavy atom. The Labute approximate surface area is 139 Å². The molecule has 1 heterocycles. The van der Waals surface area contributed by atoms with Crippen molar-refractivity contribution in [3.05, 3.63) is 45.9 Å². The summed E-state index contributed by atoms with van der Waals surface area (Å²) in [5.41, 5.74) is 3.73. The highest BCUT2D eigenvalue weighted by molar-refractivity contribution is 7.98. The molecule has 0 radical (unpaired) electrons. The number of carboxylic acid groups (broad SMARTS) is 1. The van der Waals surface area contributed by atoms with E-state index in [4.69, 9.17) is 0 Å². The van der Waals surface area contributed by atoms with E-state index in [-0.39, 0.29) is 0 Å². The van der Waals surface area contributed by atoms with Crippen LogP contribution in [0.4, 0.5) is 0 Å². The van der Waals surface area contributed by atoms with Crippen molar-refractivity contribution in [1.29, 1.82) is 0 Å². The van der Waals surface area contributed by atoms with Crippen LogP contribution in [-0.4, -0.2) is 40.8 Å². The highest BCUT2D eigenvalue weighted by atomic mass is 32.2. The van der Waals surface area contributed by atoms with Crippen molar-refractivity contribution in [1.82, 2.24) is 9.88 Å². The van der Waals surface area contributed by atoms with E-state index in [1.54, 1.807) is 23.1 Å². The summed E-state index contributed by atoms with van der Waals surface area (Å²) in [6.07, 6.45) is 2.79. The SMILES string of the molecule is CSc1ccccc1[C@@H](C(=O)O)N(C)CCc1scnc1C. The maximum atomic E-state index is 11.8. The second-order valence-electron chi connectivity index (χ2n) is 5.07. The van der Waals surface area contributed by atoms with E-state index in [0.29, 0.717) is 6.54 Å². The molecule has 0 aliphatic carbocycles. The average Bonchev–Trinajstić information content (AvgIpc) is 2.91. The highest BCUT2D eigenvalue weighted by Gasteiger charge is 2.26. The fraction of sp³-hybridized carbons (Fsp3) is 0.375. The summed E-state index contributed by atoms with van der Waals surface area (Å²) in [4.78, 5) is 20.1. The van der Waals surface area contributed by atoms with Gasteiger partial charge in [0.1, 0.15) is 6.04 Å². The Kier molecular flexibility index (Phi) is 5.99. The summed E-state index contributed by atoms with van der Waals surface area (Å²) >= 11 is 3.20. The summed E-state index contributed by atoms with van der Waals surface area (Å²) in [5.74, 6) is -0.815. The van der Waals surface area contributed by atoms with Crippen molar-refractivity contribution in [2.75, 3.05) is 19.8 Å². The van der Waals surface area contributed by atoms with E-state index >= 15 is 0 Å². The lowest BCUT2D eigenvalue weighted by atomic mass is 10.1. The van der Waals surface area contributed by atoms with Gasteiger partial charge in [0.05, 0.1) is 11.2 Å². The van der Waals surface area contributed by atoms with Gasteiger partial charge in [-0.3, -0.25) is 9.69 Å². The fourth-order valence-corrected chi connectivity index (χ4v) is 3.82. The minimum absolute atomic E-state index is 0.628. The molecule has 0 saturated carbocycles. The van der Waals surface area contributed by atoms with Crippen molar-refractivity contribution in [2.45, 2.75) is 24.3 Å². The van der Waals surface area contributed by atoms with Crippen LogP contribution in [0.15, 0.2) is 34.7 Å². The van der Waals surface area contributed by atoms with Crippen LogP contribution in [0.5, 0.6) is 0 Å². The maximum absolute atomic E-state index is 11.8. The molecule has 0 fully saturated rings. The number of aromatic nitrogens is 1. The second kappa shape index (κ2) is 7.76. The van der Waals surface area contributed by atoms with Crippen LogP contribution in [0.1, 0.15) is 22.2 Å². The van der Waals surface area contributed by atoms with Crippen molar-refractivity contribution < 1.29 is 9.90 Å². The number of aryl methyl sites for hydroxylation is 1. The molecule has 0 bridgehead atoms. The third kappa shape index (κ3) is 3.88. The maximum Gasteiger partial charge on any atom is 0.325 e. The normalized spacial score (nSPS) is 12.5. The first-order chi connectivity index (χ1) is 10.5. The molecule has 2 aromatic rings. The number of nitrogens with zero attached hydrogens (tertiary/aromatic N) is 2. The number of likely N-dealkylation sites (N-methyl/N-ethyl adjacent to an activating group) is 1. The highest BCUT2D eigenvalue weighted by Crippen LogP contribution is 2.29. The van der Waals surface area contributed by atoms with Crippen LogP contribution in [0.25, 0.3) is 0 Å². The minimum Gasteiger partial charge on any atom is -0.480 e. The first-order valence-corrected chi connectivity index (χ1v) is 9.10. The van der Waals surface area contributed by atoms with Gasteiger partial charge in [0.15, 0.2) is 0 Å². The predicted molar refractivity (Wildman–Crippen MR) is 91.8 cm³/mol. The zero-order valence-corrected chi connectivity index (χ0v) is 14.6. The summed E-state index contributed by atoms with van der Waals surface area (Å²) in [6.45, 7) is 2.67. The molecule has 1 N–H and O–H groups in total. The molecular formula is C16H20N2O2S2. The predicted octanol–water partition coefficient (Wildman–Crippen LogP) is 3.47. The molecule has 0 unspecified atom stereocenters. The monoisotopic (exact) mass is 336 g/mol. The first-order valence-electron chi connectivity index (χ1n) is 6.99. The molecule has 118 valence electrons. The van der Waals surface area contributed by atoms with Gasteiger partial charge in [-0.2, -0.15) is 0 Å². The molecule has 4 nitrogen and oxygen atoms in total. The molecule has 0 aliphatic heterocycles. The first kappa shape index (κ1) is 17.0. The van der Waals surface area contributed by atoms with Gasteiger partial charge in [-0.05, 0) is 38.3 Å². The Morgan fingerprint density at radius 3 is 2.77 bits per heavy atom. The summed E-state index contributed by atoms with van der Waals surface area (Å²) in [7, 11) is 1.87. The summed E-state index contributed by atoms with van der Waals surface area (Å²) in [6, 6.07) is 7.08. The van der Waals surface area contributed by atoms with Crippen LogP contribution in [0, 0.1) is 6.92 Å². The van der Waals surface area contributed by atoms with Gasteiger partial charge in [-0.15, -0.1) is 23.1 Å². The molecule has 1 aromatic carbocycles.